The molecule has 0 amide bonds. The molecule has 11 nitrogen and oxygen atoms in total. The SMILES string of the molecule is C[C@H]1CC[C@]2(OC1)O[C@@H]1C[C@@H]3[C@H]4CC[C@]5(O[C@@H]6O[C@@H](CO)[C@@H](O)[C@H](O)[C@H]6O)[C@H](O)[C@H](O)C[C@@H](O)[C@]5(C)[C@@H]4CC[C@@]3(C)[C@@H]1[C@H]2C. The van der Waals surface area contributed by atoms with E-state index in [1.807, 2.05) is 6.92 Å². The van der Waals surface area contributed by atoms with Gasteiger partial charge < -0.3 is 54.7 Å². The summed E-state index contributed by atoms with van der Waals surface area (Å²) in [4.78, 5) is 0. The van der Waals surface area contributed by atoms with Gasteiger partial charge in [0.05, 0.1) is 31.5 Å². The maximum absolute atomic E-state index is 11.8. The molecule has 7 fully saturated rings. The fraction of sp³-hybridized carbons (Fsp3) is 1.00. The summed E-state index contributed by atoms with van der Waals surface area (Å²) in [6, 6.07) is 0. The Morgan fingerprint density at radius 1 is 0.841 bits per heavy atom. The average Bonchev–Trinajstić information content (AvgIpc) is 3.44. The molecule has 19 atom stereocenters. The normalized spacial score (nSPS) is 62.1. The Morgan fingerprint density at radius 3 is 2.27 bits per heavy atom. The molecule has 0 aromatic rings. The van der Waals surface area contributed by atoms with Gasteiger partial charge in [-0.3, -0.25) is 0 Å². The van der Waals surface area contributed by atoms with Gasteiger partial charge in [0.1, 0.15) is 36.1 Å². The molecule has 44 heavy (non-hydrogen) atoms. The molecule has 0 unspecified atom stereocenters. The van der Waals surface area contributed by atoms with Crippen LogP contribution in [-0.2, 0) is 18.9 Å². The summed E-state index contributed by atoms with van der Waals surface area (Å²) in [5, 5.41) is 76.0. The molecule has 0 aromatic heterocycles. The van der Waals surface area contributed by atoms with Crippen LogP contribution >= 0.6 is 0 Å². The van der Waals surface area contributed by atoms with Gasteiger partial charge in [-0.15, -0.1) is 0 Å². The van der Waals surface area contributed by atoms with Gasteiger partial charge >= 0.3 is 0 Å². The van der Waals surface area contributed by atoms with E-state index in [0.717, 1.165) is 38.7 Å². The second-order valence-electron chi connectivity index (χ2n) is 16.2. The minimum absolute atomic E-state index is 0.00765. The summed E-state index contributed by atoms with van der Waals surface area (Å²) in [6.45, 7) is 9.03. The van der Waals surface area contributed by atoms with Crippen molar-refractivity contribution < 1.29 is 54.7 Å². The fourth-order valence-electron chi connectivity index (χ4n) is 12.0. The van der Waals surface area contributed by atoms with Crippen molar-refractivity contribution in [1.82, 2.24) is 0 Å². The van der Waals surface area contributed by atoms with Crippen molar-refractivity contribution in [2.75, 3.05) is 13.2 Å². The Labute approximate surface area is 259 Å². The average molecular weight is 627 g/mol. The molecular weight excluding hydrogens is 572 g/mol. The van der Waals surface area contributed by atoms with Gasteiger partial charge in [0.25, 0.3) is 0 Å². The van der Waals surface area contributed by atoms with Crippen LogP contribution in [0.15, 0.2) is 0 Å². The molecule has 3 heterocycles. The van der Waals surface area contributed by atoms with E-state index in [0.29, 0.717) is 30.6 Å². The number of hydrogen-bond donors (Lipinski definition) is 7. The Balaban J connectivity index is 1.19. The lowest BCUT2D eigenvalue weighted by molar-refractivity contribution is -0.389. The van der Waals surface area contributed by atoms with E-state index in [1.54, 1.807) is 0 Å². The minimum atomic E-state index is -1.66. The summed E-state index contributed by atoms with van der Waals surface area (Å²) in [5.41, 5.74) is -2.47. The summed E-state index contributed by atoms with van der Waals surface area (Å²) in [7, 11) is 0. The van der Waals surface area contributed by atoms with Crippen LogP contribution in [0.5, 0.6) is 0 Å². The zero-order valence-corrected chi connectivity index (χ0v) is 26.5. The summed E-state index contributed by atoms with van der Waals surface area (Å²) in [5.74, 6) is 1.21. The third-order valence-corrected chi connectivity index (χ3v) is 14.4. The van der Waals surface area contributed by atoms with Crippen molar-refractivity contribution in [2.45, 2.75) is 146 Å². The zero-order chi connectivity index (χ0) is 31.6. The first-order valence-electron chi connectivity index (χ1n) is 17.1. The quantitative estimate of drug-likeness (QED) is 0.219. The predicted molar refractivity (Wildman–Crippen MR) is 155 cm³/mol. The molecule has 1 spiro atoms. The number of rotatable bonds is 3. The summed E-state index contributed by atoms with van der Waals surface area (Å²) >= 11 is 0. The third-order valence-electron chi connectivity index (χ3n) is 14.4. The molecule has 3 aliphatic heterocycles. The Kier molecular flexibility index (Phi) is 7.87. The van der Waals surface area contributed by atoms with Crippen molar-refractivity contribution in [3.63, 3.8) is 0 Å². The summed E-state index contributed by atoms with van der Waals surface area (Å²) in [6.07, 6.45) is -5.39. The number of fused-ring (bicyclic) bond motifs is 7. The molecule has 0 bridgehead atoms. The van der Waals surface area contributed by atoms with E-state index in [9.17, 15) is 35.7 Å². The predicted octanol–water partition coefficient (Wildman–Crippen LogP) is 0.675. The molecule has 0 aromatic carbocycles. The third kappa shape index (κ3) is 4.14. The van der Waals surface area contributed by atoms with Crippen LogP contribution in [0, 0.1) is 46.3 Å². The monoisotopic (exact) mass is 626 g/mol. The smallest absolute Gasteiger partial charge is 0.187 e. The van der Waals surface area contributed by atoms with Crippen LogP contribution in [-0.4, -0.2) is 115 Å². The summed E-state index contributed by atoms with van der Waals surface area (Å²) < 4.78 is 25.6. The molecule has 4 saturated carbocycles. The topological polar surface area (TPSA) is 179 Å². The first-order chi connectivity index (χ1) is 20.7. The molecular formula is C33H54O11. The van der Waals surface area contributed by atoms with Gasteiger partial charge in [0.2, 0.25) is 0 Å². The van der Waals surface area contributed by atoms with Gasteiger partial charge in [0, 0.05) is 24.2 Å². The Bertz CT molecular complexity index is 1080. The fourth-order valence-corrected chi connectivity index (χ4v) is 12.0. The molecule has 252 valence electrons. The van der Waals surface area contributed by atoms with E-state index in [2.05, 4.69) is 20.8 Å². The number of aliphatic hydroxyl groups excluding tert-OH is 7. The van der Waals surface area contributed by atoms with Gasteiger partial charge in [-0.1, -0.05) is 27.7 Å². The van der Waals surface area contributed by atoms with Crippen LogP contribution in [0.2, 0.25) is 0 Å². The van der Waals surface area contributed by atoms with Crippen molar-refractivity contribution in [1.29, 1.82) is 0 Å². The number of ether oxygens (including phenoxy) is 4. The minimum Gasteiger partial charge on any atom is -0.394 e. The first-order valence-corrected chi connectivity index (χ1v) is 17.1. The van der Waals surface area contributed by atoms with E-state index < -0.39 is 72.4 Å². The maximum Gasteiger partial charge on any atom is 0.187 e. The molecule has 11 heteroatoms. The maximum atomic E-state index is 11.8. The van der Waals surface area contributed by atoms with Crippen molar-refractivity contribution >= 4 is 0 Å². The van der Waals surface area contributed by atoms with Crippen LogP contribution in [0.4, 0.5) is 0 Å². The van der Waals surface area contributed by atoms with Gasteiger partial charge in [-0.05, 0) is 73.5 Å². The molecule has 3 saturated heterocycles. The largest absolute Gasteiger partial charge is 0.394 e. The van der Waals surface area contributed by atoms with Crippen molar-refractivity contribution in [3.8, 4) is 0 Å². The van der Waals surface area contributed by atoms with E-state index in [1.165, 1.54) is 0 Å². The van der Waals surface area contributed by atoms with E-state index in [-0.39, 0.29) is 35.7 Å². The highest BCUT2D eigenvalue weighted by Gasteiger charge is 2.74. The highest BCUT2D eigenvalue weighted by molar-refractivity contribution is 5.22. The Hall–Kier alpha value is -0.440. The lowest BCUT2D eigenvalue weighted by atomic mass is 9.41. The molecule has 0 radical (unpaired) electrons. The van der Waals surface area contributed by atoms with E-state index >= 15 is 0 Å². The number of hydrogen-bond acceptors (Lipinski definition) is 11. The molecule has 4 aliphatic carbocycles. The van der Waals surface area contributed by atoms with Crippen molar-refractivity contribution in [2.24, 2.45) is 46.3 Å². The van der Waals surface area contributed by atoms with Crippen LogP contribution in [0.3, 0.4) is 0 Å². The first kappa shape index (κ1) is 32.1. The second-order valence-corrected chi connectivity index (χ2v) is 16.2. The second kappa shape index (κ2) is 10.8. The van der Waals surface area contributed by atoms with Crippen LogP contribution < -0.4 is 0 Å². The van der Waals surface area contributed by atoms with Crippen LogP contribution in [0.1, 0.15) is 79.1 Å². The van der Waals surface area contributed by atoms with E-state index in [4.69, 9.17) is 18.9 Å². The lowest BCUT2D eigenvalue weighted by Crippen LogP contribution is -2.76. The number of aliphatic hydroxyl groups is 7. The van der Waals surface area contributed by atoms with Gasteiger partial charge in [0.15, 0.2) is 12.1 Å². The standard InChI is InChI=1S/C33H54O11/c1-15-5-10-33(41-14-15)16(2)24-21(43-33)11-19-17-6-9-32(44-29-27(39)26(38)25(37)22(13-34)42-29)28(40)20(35)12-23(36)31(32,4)18(17)7-8-30(19,24)3/h15-29,34-40H,5-14H2,1-4H3/t15-,16+,17-,18+,19+,20+,21+,22-,23+,24+,25+,26-,27+,28+,29-,30+,31-,32-,33-/m0/s1. The molecule has 7 aliphatic rings. The van der Waals surface area contributed by atoms with Gasteiger partial charge in [-0.2, -0.15) is 0 Å². The lowest BCUT2D eigenvalue weighted by Gasteiger charge is -2.68. The highest BCUT2D eigenvalue weighted by Crippen LogP contribution is 2.72. The highest BCUT2D eigenvalue weighted by atomic mass is 16.7. The van der Waals surface area contributed by atoms with Gasteiger partial charge in [-0.25, -0.2) is 0 Å². The van der Waals surface area contributed by atoms with Crippen molar-refractivity contribution in [3.05, 3.63) is 0 Å². The molecule has 7 rings (SSSR count). The van der Waals surface area contributed by atoms with Crippen LogP contribution in [0.25, 0.3) is 0 Å². The Morgan fingerprint density at radius 2 is 1.59 bits per heavy atom. The zero-order valence-electron chi connectivity index (χ0n) is 26.5. The molecule has 7 N–H and O–H groups in total.